The maximum Gasteiger partial charge on any atom is 0.262 e. The van der Waals surface area contributed by atoms with E-state index in [-0.39, 0.29) is 11.9 Å². The number of carbonyl (C=O) groups excluding carboxylic acids is 1. The van der Waals surface area contributed by atoms with Crippen molar-refractivity contribution in [1.29, 1.82) is 0 Å². The average Bonchev–Trinajstić information content (AvgIpc) is 3.21. The van der Waals surface area contributed by atoms with E-state index in [1.165, 1.54) is 11.3 Å². The molecule has 4 rings (SSSR count). The van der Waals surface area contributed by atoms with Crippen LogP contribution in [0.2, 0.25) is 5.02 Å². The SMILES string of the molecule is Cc1nc2sc(C(=O)NC3[C@H](C)C[C@H]3C)c(-c3cnn(C)c3)c2c(C)c1Cl. The lowest BCUT2D eigenvalue weighted by atomic mass is 9.72. The Morgan fingerprint density at radius 2 is 2.04 bits per heavy atom. The van der Waals surface area contributed by atoms with Crippen molar-refractivity contribution in [2.45, 2.75) is 40.2 Å². The van der Waals surface area contributed by atoms with Crippen LogP contribution in [0.3, 0.4) is 0 Å². The van der Waals surface area contributed by atoms with Crippen LogP contribution < -0.4 is 5.32 Å². The Morgan fingerprint density at radius 3 is 2.63 bits per heavy atom. The summed E-state index contributed by atoms with van der Waals surface area (Å²) >= 11 is 7.92. The number of aryl methyl sites for hydroxylation is 3. The third-order valence-corrected chi connectivity index (χ3v) is 7.29. The fourth-order valence-corrected chi connectivity index (χ4v) is 5.50. The first kappa shape index (κ1) is 18.4. The second-order valence-corrected chi connectivity index (χ2v) is 9.09. The van der Waals surface area contributed by atoms with E-state index in [2.05, 4.69) is 29.2 Å². The third kappa shape index (κ3) is 2.95. The number of hydrogen-bond acceptors (Lipinski definition) is 4. The van der Waals surface area contributed by atoms with Gasteiger partial charge in [0.1, 0.15) is 9.71 Å². The number of halogens is 1. The highest BCUT2D eigenvalue weighted by Gasteiger charge is 2.36. The highest BCUT2D eigenvalue weighted by atomic mass is 35.5. The van der Waals surface area contributed by atoms with Crippen LogP contribution in [0.5, 0.6) is 0 Å². The molecule has 1 fully saturated rings. The first-order chi connectivity index (χ1) is 12.8. The minimum atomic E-state index is -0.0339. The summed E-state index contributed by atoms with van der Waals surface area (Å²) in [4.78, 5) is 19.4. The Balaban J connectivity index is 1.89. The van der Waals surface area contributed by atoms with Gasteiger partial charge >= 0.3 is 0 Å². The van der Waals surface area contributed by atoms with Gasteiger partial charge in [0.15, 0.2) is 0 Å². The van der Waals surface area contributed by atoms with Crippen molar-refractivity contribution in [3.63, 3.8) is 0 Å². The predicted octanol–water partition coefficient (Wildman–Crippen LogP) is 4.74. The minimum Gasteiger partial charge on any atom is -0.348 e. The van der Waals surface area contributed by atoms with Crippen molar-refractivity contribution in [1.82, 2.24) is 20.1 Å². The second kappa shape index (κ2) is 6.60. The summed E-state index contributed by atoms with van der Waals surface area (Å²) < 4.78 is 1.75. The Morgan fingerprint density at radius 1 is 1.33 bits per heavy atom. The van der Waals surface area contributed by atoms with Crippen LogP contribution in [0.25, 0.3) is 21.3 Å². The Kier molecular flexibility index (Phi) is 4.51. The van der Waals surface area contributed by atoms with Crippen molar-refractivity contribution < 1.29 is 4.79 Å². The van der Waals surface area contributed by atoms with E-state index in [1.54, 1.807) is 10.9 Å². The van der Waals surface area contributed by atoms with Gasteiger partial charge in [-0.15, -0.1) is 11.3 Å². The number of amides is 1. The van der Waals surface area contributed by atoms with Crippen molar-refractivity contribution in [3.05, 3.63) is 33.6 Å². The number of rotatable bonds is 3. The van der Waals surface area contributed by atoms with Crippen molar-refractivity contribution in [2.24, 2.45) is 18.9 Å². The molecule has 0 spiro atoms. The molecule has 0 unspecified atom stereocenters. The summed E-state index contributed by atoms with van der Waals surface area (Å²) in [6.07, 6.45) is 4.88. The average molecular weight is 403 g/mol. The lowest BCUT2D eigenvalue weighted by Crippen LogP contribution is -2.51. The van der Waals surface area contributed by atoms with Crippen LogP contribution in [0.1, 0.15) is 41.2 Å². The highest BCUT2D eigenvalue weighted by Crippen LogP contribution is 2.42. The van der Waals surface area contributed by atoms with Crippen LogP contribution in [0.4, 0.5) is 0 Å². The summed E-state index contributed by atoms with van der Waals surface area (Å²) in [6, 6.07) is 0.226. The number of hydrogen-bond donors (Lipinski definition) is 1. The van der Waals surface area contributed by atoms with E-state index in [9.17, 15) is 4.79 Å². The van der Waals surface area contributed by atoms with Crippen molar-refractivity contribution in [3.8, 4) is 11.1 Å². The largest absolute Gasteiger partial charge is 0.348 e. The van der Waals surface area contributed by atoms with Gasteiger partial charge < -0.3 is 5.32 Å². The van der Waals surface area contributed by atoms with Crippen LogP contribution in [0.15, 0.2) is 12.4 Å². The predicted molar refractivity (Wildman–Crippen MR) is 111 cm³/mol. The van der Waals surface area contributed by atoms with Crippen molar-refractivity contribution in [2.75, 3.05) is 0 Å². The molecule has 0 saturated heterocycles. The first-order valence-electron chi connectivity index (χ1n) is 9.17. The molecule has 1 aliphatic carbocycles. The number of carbonyl (C=O) groups is 1. The Labute approximate surface area is 167 Å². The van der Waals surface area contributed by atoms with Crippen molar-refractivity contribution >= 4 is 39.1 Å². The Hall–Kier alpha value is -1.92. The van der Waals surface area contributed by atoms with E-state index in [0.29, 0.717) is 21.7 Å². The van der Waals surface area contributed by atoms with Gasteiger partial charge in [-0.25, -0.2) is 4.98 Å². The number of thiophene rings is 1. The van der Waals surface area contributed by atoms with Gasteiger partial charge in [-0.05, 0) is 37.7 Å². The maximum absolute atomic E-state index is 13.2. The van der Waals surface area contributed by atoms with E-state index >= 15 is 0 Å². The molecular weight excluding hydrogens is 380 g/mol. The molecule has 5 nitrogen and oxygen atoms in total. The quantitative estimate of drug-likeness (QED) is 0.688. The van der Waals surface area contributed by atoms with Crippen LogP contribution >= 0.6 is 22.9 Å². The molecule has 27 heavy (non-hydrogen) atoms. The van der Waals surface area contributed by atoms with E-state index < -0.39 is 0 Å². The zero-order chi connectivity index (χ0) is 19.5. The van der Waals surface area contributed by atoms with Gasteiger partial charge in [0.25, 0.3) is 5.91 Å². The van der Waals surface area contributed by atoms with E-state index in [0.717, 1.165) is 39.0 Å². The third-order valence-electron chi connectivity index (χ3n) is 5.65. The number of pyridine rings is 1. The molecule has 1 N–H and O–H groups in total. The summed E-state index contributed by atoms with van der Waals surface area (Å²) in [5.74, 6) is 0.988. The number of fused-ring (bicyclic) bond motifs is 1. The zero-order valence-electron chi connectivity index (χ0n) is 16.1. The van der Waals surface area contributed by atoms with Gasteiger partial charge in [-0.2, -0.15) is 5.10 Å². The molecule has 0 radical (unpaired) electrons. The molecule has 0 aliphatic heterocycles. The molecule has 142 valence electrons. The minimum absolute atomic E-state index is 0.0339. The molecule has 0 bridgehead atoms. The highest BCUT2D eigenvalue weighted by molar-refractivity contribution is 7.21. The fraction of sp³-hybridized carbons (Fsp3) is 0.450. The summed E-state index contributed by atoms with van der Waals surface area (Å²) in [6.45, 7) is 8.26. The molecule has 1 amide bonds. The van der Waals surface area contributed by atoms with Crippen LogP contribution in [0, 0.1) is 25.7 Å². The van der Waals surface area contributed by atoms with Crippen LogP contribution in [-0.4, -0.2) is 26.7 Å². The molecule has 1 aliphatic rings. The molecule has 3 aromatic rings. The van der Waals surface area contributed by atoms with Crippen LogP contribution in [-0.2, 0) is 7.05 Å². The summed E-state index contributed by atoms with van der Waals surface area (Å²) in [7, 11) is 1.87. The summed E-state index contributed by atoms with van der Waals surface area (Å²) in [5, 5.41) is 9.14. The normalized spacial score (nSPS) is 20.1. The monoisotopic (exact) mass is 402 g/mol. The second-order valence-electron chi connectivity index (χ2n) is 7.71. The smallest absolute Gasteiger partial charge is 0.262 e. The lowest BCUT2D eigenvalue weighted by molar-refractivity contribution is 0.0803. The van der Waals surface area contributed by atoms with Gasteiger partial charge in [0, 0.05) is 35.8 Å². The van der Waals surface area contributed by atoms with Gasteiger partial charge in [-0.1, -0.05) is 25.4 Å². The molecular formula is C20H23ClN4OS. The molecule has 7 heteroatoms. The van der Waals surface area contributed by atoms with E-state index in [4.69, 9.17) is 11.6 Å². The van der Waals surface area contributed by atoms with E-state index in [1.807, 2.05) is 27.1 Å². The first-order valence-corrected chi connectivity index (χ1v) is 10.4. The fourth-order valence-electron chi connectivity index (χ4n) is 4.16. The standard InChI is InChI=1S/C20H23ClN4OS/c1-9-6-10(2)17(9)24-19(26)18-15(13-7-22-25(5)8-13)14-11(3)16(21)12(4)23-20(14)27-18/h7-10,17H,6H2,1-5H3,(H,24,26)/t9-,10-/m1/s1. The Bertz CT molecular complexity index is 1050. The van der Waals surface area contributed by atoms with Gasteiger partial charge in [-0.3, -0.25) is 9.48 Å². The van der Waals surface area contributed by atoms with Gasteiger partial charge in [0.05, 0.1) is 16.9 Å². The van der Waals surface area contributed by atoms with Gasteiger partial charge in [0.2, 0.25) is 0 Å². The lowest BCUT2D eigenvalue weighted by Gasteiger charge is -2.41. The molecule has 0 aromatic carbocycles. The molecule has 1 saturated carbocycles. The maximum atomic E-state index is 13.2. The number of aromatic nitrogens is 3. The number of nitrogens with one attached hydrogen (secondary N) is 1. The topological polar surface area (TPSA) is 59.8 Å². The summed E-state index contributed by atoms with van der Waals surface area (Å²) in [5.41, 5.74) is 3.54. The zero-order valence-corrected chi connectivity index (χ0v) is 17.7. The number of nitrogens with zero attached hydrogens (tertiary/aromatic N) is 3. The molecule has 3 heterocycles. The molecule has 2 atom stereocenters. The molecule has 3 aromatic heterocycles.